The topological polar surface area (TPSA) is 30.5 Å². The van der Waals surface area contributed by atoms with Gasteiger partial charge in [-0.3, -0.25) is 0 Å². The fourth-order valence-electron chi connectivity index (χ4n) is 1.25. The number of benzene rings is 1. The molecule has 0 spiro atoms. The monoisotopic (exact) mass is 335 g/mol. The molecule has 0 aliphatic rings. The van der Waals surface area contributed by atoms with E-state index in [4.69, 9.17) is 9.47 Å². The Kier molecular flexibility index (Phi) is 7.54. The molecule has 0 radical (unpaired) electrons. The molecular formula is C12H18INO2. The van der Waals surface area contributed by atoms with Crippen LogP contribution in [0.5, 0.6) is 0 Å². The molecule has 0 fully saturated rings. The molecule has 4 heteroatoms. The summed E-state index contributed by atoms with van der Waals surface area (Å²) in [6.07, 6.45) is 1.01. The molecular weight excluding hydrogens is 317 g/mol. The van der Waals surface area contributed by atoms with E-state index < -0.39 is 0 Å². The second-order valence-corrected chi connectivity index (χ2v) is 4.64. The highest BCUT2D eigenvalue weighted by Gasteiger charge is 1.93. The van der Waals surface area contributed by atoms with Gasteiger partial charge in [-0.1, -0.05) is 6.07 Å². The number of anilines is 1. The molecule has 0 bridgehead atoms. The van der Waals surface area contributed by atoms with Gasteiger partial charge in [0.15, 0.2) is 0 Å². The molecule has 1 aromatic rings. The zero-order chi connectivity index (χ0) is 11.6. The lowest BCUT2D eigenvalue weighted by Crippen LogP contribution is -2.08. The van der Waals surface area contributed by atoms with Crippen molar-refractivity contribution in [1.82, 2.24) is 0 Å². The number of methoxy groups -OCH3 is 1. The van der Waals surface area contributed by atoms with Gasteiger partial charge in [-0.05, 0) is 47.2 Å². The van der Waals surface area contributed by atoms with Gasteiger partial charge in [-0.15, -0.1) is 0 Å². The SMILES string of the molecule is COCCOCCCNc1cccc(I)c1. The third-order valence-electron chi connectivity index (χ3n) is 2.05. The maximum absolute atomic E-state index is 5.37. The van der Waals surface area contributed by atoms with Crippen molar-refractivity contribution in [3.8, 4) is 0 Å². The number of hydrogen-bond acceptors (Lipinski definition) is 3. The molecule has 1 N–H and O–H groups in total. The second-order valence-electron chi connectivity index (χ2n) is 3.40. The van der Waals surface area contributed by atoms with Crippen molar-refractivity contribution in [3.05, 3.63) is 27.8 Å². The van der Waals surface area contributed by atoms with Crippen LogP contribution in [0.3, 0.4) is 0 Å². The van der Waals surface area contributed by atoms with E-state index in [1.165, 1.54) is 9.26 Å². The van der Waals surface area contributed by atoms with Crippen LogP contribution in [0.25, 0.3) is 0 Å². The Morgan fingerprint density at radius 1 is 1.25 bits per heavy atom. The zero-order valence-electron chi connectivity index (χ0n) is 9.54. The van der Waals surface area contributed by atoms with Crippen LogP contribution in [0.1, 0.15) is 6.42 Å². The summed E-state index contributed by atoms with van der Waals surface area (Å²) in [5, 5.41) is 3.36. The van der Waals surface area contributed by atoms with Crippen LogP contribution in [0.4, 0.5) is 5.69 Å². The average molecular weight is 335 g/mol. The molecule has 0 unspecified atom stereocenters. The molecule has 3 nitrogen and oxygen atoms in total. The van der Waals surface area contributed by atoms with E-state index in [1.54, 1.807) is 7.11 Å². The van der Waals surface area contributed by atoms with Crippen LogP contribution in [-0.2, 0) is 9.47 Å². The van der Waals surface area contributed by atoms with Gasteiger partial charge in [-0.2, -0.15) is 0 Å². The number of hydrogen-bond donors (Lipinski definition) is 1. The number of rotatable bonds is 8. The lowest BCUT2D eigenvalue weighted by Gasteiger charge is -2.07. The van der Waals surface area contributed by atoms with Gasteiger partial charge in [0.25, 0.3) is 0 Å². The van der Waals surface area contributed by atoms with Crippen molar-refractivity contribution < 1.29 is 9.47 Å². The number of nitrogens with one attached hydrogen (secondary N) is 1. The highest BCUT2D eigenvalue weighted by molar-refractivity contribution is 14.1. The maximum atomic E-state index is 5.37. The van der Waals surface area contributed by atoms with Gasteiger partial charge in [0, 0.05) is 29.5 Å². The molecule has 0 amide bonds. The van der Waals surface area contributed by atoms with Crippen LogP contribution in [0.2, 0.25) is 0 Å². The molecule has 0 aromatic heterocycles. The fourth-order valence-corrected chi connectivity index (χ4v) is 1.79. The van der Waals surface area contributed by atoms with Crippen LogP contribution in [-0.4, -0.2) is 33.5 Å². The summed E-state index contributed by atoms with van der Waals surface area (Å²) in [5.41, 5.74) is 1.17. The van der Waals surface area contributed by atoms with E-state index in [-0.39, 0.29) is 0 Å². The van der Waals surface area contributed by atoms with E-state index >= 15 is 0 Å². The van der Waals surface area contributed by atoms with Gasteiger partial charge in [0.05, 0.1) is 13.2 Å². The van der Waals surface area contributed by atoms with Gasteiger partial charge < -0.3 is 14.8 Å². The van der Waals surface area contributed by atoms with Gasteiger partial charge in [0.1, 0.15) is 0 Å². The molecule has 0 heterocycles. The van der Waals surface area contributed by atoms with Crippen LogP contribution >= 0.6 is 22.6 Å². The van der Waals surface area contributed by atoms with Crippen LogP contribution < -0.4 is 5.32 Å². The van der Waals surface area contributed by atoms with Crippen molar-refractivity contribution in [2.24, 2.45) is 0 Å². The first-order chi connectivity index (χ1) is 7.83. The minimum Gasteiger partial charge on any atom is -0.385 e. The Labute approximate surface area is 111 Å². The zero-order valence-corrected chi connectivity index (χ0v) is 11.7. The van der Waals surface area contributed by atoms with E-state index in [9.17, 15) is 0 Å². The predicted molar refractivity (Wildman–Crippen MR) is 75.0 cm³/mol. The van der Waals surface area contributed by atoms with E-state index in [1.807, 2.05) is 0 Å². The minimum absolute atomic E-state index is 0.671. The molecule has 0 atom stereocenters. The van der Waals surface area contributed by atoms with Gasteiger partial charge in [0.2, 0.25) is 0 Å². The van der Waals surface area contributed by atoms with Crippen molar-refractivity contribution in [3.63, 3.8) is 0 Å². The normalized spacial score (nSPS) is 10.4. The van der Waals surface area contributed by atoms with Gasteiger partial charge >= 0.3 is 0 Å². The molecule has 90 valence electrons. The van der Waals surface area contributed by atoms with Crippen LogP contribution in [0.15, 0.2) is 24.3 Å². The Balaban J connectivity index is 2.03. The first-order valence-electron chi connectivity index (χ1n) is 5.39. The third-order valence-corrected chi connectivity index (χ3v) is 2.72. The summed E-state index contributed by atoms with van der Waals surface area (Å²) < 4.78 is 11.5. The minimum atomic E-state index is 0.671. The lowest BCUT2D eigenvalue weighted by molar-refractivity contribution is 0.0705. The number of ether oxygens (including phenoxy) is 2. The Morgan fingerprint density at radius 2 is 2.12 bits per heavy atom. The average Bonchev–Trinajstić information content (AvgIpc) is 2.28. The van der Waals surface area contributed by atoms with Crippen molar-refractivity contribution >= 4 is 28.3 Å². The summed E-state index contributed by atoms with van der Waals surface area (Å²) in [6.45, 7) is 3.07. The smallest absolute Gasteiger partial charge is 0.0700 e. The molecule has 1 aromatic carbocycles. The standard InChI is InChI=1S/C12H18INO2/c1-15-8-9-16-7-3-6-14-12-5-2-4-11(13)10-12/h2,4-5,10,14H,3,6-9H2,1H3. The quantitative estimate of drug-likeness (QED) is 0.585. The Bertz CT molecular complexity index is 294. The predicted octanol–water partition coefficient (Wildman–Crippen LogP) is 2.76. The molecule has 0 saturated carbocycles. The second kappa shape index (κ2) is 8.78. The summed E-state index contributed by atoms with van der Waals surface area (Å²) in [6, 6.07) is 8.35. The highest BCUT2D eigenvalue weighted by atomic mass is 127. The summed E-state index contributed by atoms with van der Waals surface area (Å²) in [4.78, 5) is 0. The Morgan fingerprint density at radius 3 is 2.88 bits per heavy atom. The summed E-state index contributed by atoms with van der Waals surface area (Å²) >= 11 is 2.31. The first kappa shape index (κ1) is 13.7. The summed E-state index contributed by atoms with van der Waals surface area (Å²) in [5.74, 6) is 0. The summed E-state index contributed by atoms with van der Waals surface area (Å²) in [7, 11) is 1.68. The largest absolute Gasteiger partial charge is 0.385 e. The van der Waals surface area contributed by atoms with Crippen molar-refractivity contribution in [1.29, 1.82) is 0 Å². The van der Waals surface area contributed by atoms with Crippen LogP contribution in [0, 0.1) is 3.57 Å². The molecule has 16 heavy (non-hydrogen) atoms. The number of halogens is 1. The highest BCUT2D eigenvalue weighted by Crippen LogP contribution is 2.11. The van der Waals surface area contributed by atoms with E-state index in [2.05, 4.69) is 52.2 Å². The third kappa shape index (κ3) is 6.30. The van der Waals surface area contributed by atoms with Crippen molar-refractivity contribution in [2.75, 3.05) is 38.8 Å². The van der Waals surface area contributed by atoms with Gasteiger partial charge in [-0.25, -0.2) is 0 Å². The lowest BCUT2D eigenvalue weighted by atomic mass is 10.3. The fraction of sp³-hybridized carbons (Fsp3) is 0.500. The molecule has 0 saturated heterocycles. The first-order valence-corrected chi connectivity index (χ1v) is 6.47. The van der Waals surface area contributed by atoms with Crippen molar-refractivity contribution in [2.45, 2.75) is 6.42 Å². The molecule has 1 rings (SSSR count). The maximum Gasteiger partial charge on any atom is 0.0700 e. The molecule has 0 aliphatic heterocycles. The van der Waals surface area contributed by atoms with E-state index in [0.717, 1.165) is 19.6 Å². The van der Waals surface area contributed by atoms with E-state index in [0.29, 0.717) is 13.2 Å². The Hall–Kier alpha value is -0.330. The molecule has 0 aliphatic carbocycles.